The number of likely N-dealkylation sites (tertiary alicyclic amines) is 1. The third-order valence-corrected chi connectivity index (χ3v) is 3.86. The summed E-state index contributed by atoms with van der Waals surface area (Å²) >= 11 is 0. The van der Waals surface area contributed by atoms with Crippen LogP contribution in [0.2, 0.25) is 0 Å². The number of hydrogen-bond donors (Lipinski definition) is 2. The summed E-state index contributed by atoms with van der Waals surface area (Å²) in [5.74, 6) is -1.63. The summed E-state index contributed by atoms with van der Waals surface area (Å²) in [7, 11) is 0. The Morgan fingerprint density at radius 1 is 1.32 bits per heavy atom. The third-order valence-electron chi connectivity index (χ3n) is 3.86. The molecule has 0 aromatic heterocycles. The van der Waals surface area contributed by atoms with Gasteiger partial charge in [0.15, 0.2) is 0 Å². The van der Waals surface area contributed by atoms with Crippen molar-refractivity contribution in [2.24, 2.45) is 0 Å². The number of carbonyl (C=O) groups excluding carboxylic acids is 2. The van der Waals surface area contributed by atoms with Gasteiger partial charge in [0.1, 0.15) is 12.1 Å². The van der Waals surface area contributed by atoms with Crippen LogP contribution in [0.5, 0.6) is 0 Å². The molecule has 1 aromatic carbocycles. The molecule has 1 fully saturated rings. The molecule has 2 N–H and O–H groups in total. The summed E-state index contributed by atoms with van der Waals surface area (Å²) in [6, 6.07) is 7.58. The molecule has 1 heterocycles. The van der Waals surface area contributed by atoms with Crippen LogP contribution in [0, 0.1) is 0 Å². The molecule has 118 valence electrons. The van der Waals surface area contributed by atoms with Crippen molar-refractivity contribution >= 4 is 17.8 Å². The highest BCUT2D eigenvalue weighted by atomic mass is 16.4. The van der Waals surface area contributed by atoms with E-state index >= 15 is 0 Å². The maximum absolute atomic E-state index is 12.3. The van der Waals surface area contributed by atoms with Gasteiger partial charge >= 0.3 is 5.97 Å². The van der Waals surface area contributed by atoms with Gasteiger partial charge in [0.25, 0.3) is 0 Å². The normalized spacial score (nSPS) is 18.8. The van der Waals surface area contributed by atoms with E-state index in [9.17, 15) is 19.5 Å². The standard InChI is InChI=1S/C16H20N2O4/c1-11(19)18-9-5-8-14(18)15(20)17-13(16(21)22)10-12-6-3-2-4-7-12/h2-4,6-7,13-14H,5,8-10H2,1H3,(H,17,20)(H,21,22)/t13-,14-/m1/s1. The lowest BCUT2D eigenvalue weighted by Crippen LogP contribution is -2.51. The summed E-state index contributed by atoms with van der Waals surface area (Å²) < 4.78 is 0. The molecule has 0 unspecified atom stereocenters. The number of carbonyl (C=O) groups is 3. The van der Waals surface area contributed by atoms with Crippen LogP contribution < -0.4 is 5.32 Å². The number of carboxylic acids is 1. The molecule has 6 heteroatoms. The van der Waals surface area contributed by atoms with E-state index in [1.54, 1.807) is 0 Å². The molecular weight excluding hydrogens is 284 g/mol. The fourth-order valence-electron chi connectivity index (χ4n) is 2.73. The lowest BCUT2D eigenvalue weighted by Gasteiger charge is -2.24. The van der Waals surface area contributed by atoms with Crippen LogP contribution in [0.3, 0.4) is 0 Å². The van der Waals surface area contributed by atoms with E-state index in [0.717, 1.165) is 12.0 Å². The summed E-state index contributed by atoms with van der Waals surface area (Å²) in [6.07, 6.45) is 1.55. The molecule has 2 rings (SSSR count). The molecule has 1 saturated heterocycles. The minimum Gasteiger partial charge on any atom is -0.480 e. The maximum Gasteiger partial charge on any atom is 0.326 e. The van der Waals surface area contributed by atoms with Crippen LogP contribution in [-0.2, 0) is 20.8 Å². The molecule has 22 heavy (non-hydrogen) atoms. The van der Waals surface area contributed by atoms with Crippen molar-refractivity contribution in [3.05, 3.63) is 35.9 Å². The summed E-state index contributed by atoms with van der Waals surface area (Å²) in [5, 5.41) is 11.9. The number of aliphatic carboxylic acids is 1. The molecule has 1 aliphatic rings. The van der Waals surface area contributed by atoms with Crippen LogP contribution in [0.1, 0.15) is 25.3 Å². The average Bonchev–Trinajstić information content (AvgIpc) is 2.97. The van der Waals surface area contributed by atoms with Gasteiger partial charge < -0.3 is 15.3 Å². The second-order valence-electron chi connectivity index (χ2n) is 5.46. The van der Waals surface area contributed by atoms with E-state index in [1.165, 1.54) is 11.8 Å². The number of benzene rings is 1. The molecule has 2 amide bonds. The summed E-state index contributed by atoms with van der Waals surface area (Å²) in [4.78, 5) is 36.7. The number of amides is 2. The Hall–Kier alpha value is -2.37. The topological polar surface area (TPSA) is 86.7 Å². The van der Waals surface area contributed by atoms with Gasteiger partial charge in [0.05, 0.1) is 0 Å². The van der Waals surface area contributed by atoms with Crippen molar-refractivity contribution in [1.82, 2.24) is 10.2 Å². The summed E-state index contributed by atoms with van der Waals surface area (Å²) in [5.41, 5.74) is 0.838. The fourth-order valence-corrected chi connectivity index (χ4v) is 2.73. The molecule has 0 bridgehead atoms. The largest absolute Gasteiger partial charge is 0.480 e. The van der Waals surface area contributed by atoms with Crippen LogP contribution in [0.4, 0.5) is 0 Å². The Kier molecular flexibility index (Phi) is 5.14. The zero-order chi connectivity index (χ0) is 16.1. The van der Waals surface area contributed by atoms with E-state index in [2.05, 4.69) is 5.32 Å². The Bertz CT molecular complexity index is 559. The zero-order valence-corrected chi connectivity index (χ0v) is 12.5. The van der Waals surface area contributed by atoms with E-state index in [-0.39, 0.29) is 12.3 Å². The second kappa shape index (κ2) is 7.06. The van der Waals surface area contributed by atoms with Crippen LogP contribution in [-0.4, -0.2) is 46.4 Å². The molecule has 0 radical (unpaired) electrons. The van der Waals surface area contributed by atoms with Crippen molar-refractivity contribution in [3.8, 4) is 0 Å². The van der Waals surface area contributed by atoms with E-state index < -0.39 is 24.0 Å². The Morgan fingerprint density at radius 3 is 2.59 bits per heavy atom. The number of rotatable bonds is 5. The van der Waals surface area contributed by atoms with E-state index in [0.29, 0.717) is 13.0 Å². The maximum atomic E-state index is 12.3. The van der Waals surface area contributed by atoms with Crippen LogP contribution >= 0.6 is 0 Å². The molecular formula is C16H20N2O4. The number of carboxylic acid groups (broad SMARTS) is 1. The first-order chi connectivity index (χ1) is 10.5. The Labute approximate surface area is 129 Å². The lowest BCUT2D eigenvalue weighted by molar-refractivity contribution is -0.143. The molecule has 0 aliphatic carbocycles. The van der Waals surface area contributed by atoms with Crippen molar-refractivity contribution < 1.29 is 19.5 Å². The highest BCUT2D eigenvalue weighted by Crippen LogP contribution is 2.17. The first-order valence-electron chi connectivity index (χ1n) is 7.33. The smallest absolute Gasteiger partial charge is 0.326 e. The van der Waals surface area contributed by atoms with Gasteiger partial charge in [-0.3, -0.25) is 9.59 Å². The van der Waals surface area contributed by atoms with Gasteiger partial charge in [-0.2, -0.15) is 0 Å². The SMILES string of the molecule is CC(=O)N1CCC[C@@H]1C(=O)N[C@H](Cc1ccccc1)C(=O)O. The monoisotopic (exact) mass is 304 g/mol. The van der Waals surface area contributed by atoms with Crippen LogP contribution in [0.15, 0.2) is 30.3 Å². The van der Waals surface area contributed by atoms with E-state index in [1.807, 2.05) is 30.3 Å². The minimum absolute atomic E-state index is 0.160. The molecule has 2 atom stereocenters. The Balaban J connectivity index is 2.03. The van der Waals surface area contributed by atoms with Gasteiger partial charge in [-0.1, -0.05) is 30.3 Å². The average molecular weight is 304 g/mol. The quantitative estimate of drug-likeness (QED) is 0.843. The predicted molar refractivity (Wildman–Crippen MR) is 80.1 cm³/mol. The highest BCUT2D eigenvalue weighted by molar-refractivity contribution is 5.90. The fraction of sp³-hybridized carbons (Fsp3) is 0.438. The lowest BCUT2D eigenvalue weighted by atomic mass is 10.1. The molecule has 1 aromatic rings. The zero-order valence-electron chi connectivity index (χ0n) is 12.5. The number of nitrogens with one attached hydrogen (secondary N) is 1. The minimum atomic E-state index is -1.08. The van der Waals surface area contributed by atoms with Crippen molar-refractivity contribution in [3.63, 3.8) is 0 Å². The van der Waals surface area contributed by atoms with Crippen molar-refractivity contribution in [1.29, 1.82) is 0 Å². The number of hydrogen-bond acceptors (Lipinski definition) is 3. The molecule has 0 spiro atoms. The van der Waals surface area contributed by atoms with Crippen molar-refractivity contribution in [2.75, 3.05) is 6.54 Å². The highest BCUT2D eigenvalue weighted by Gasteiger charge is 2.34. The van der Waals surface area contributed by atoms with Gasteiger partial charge in [0.2, 0.25) is 11.8 Å². The third kappa shape index (κ3) is 3.84. The van der Waals surface area contributed by atoms with Gasteiger partial charge in [0, 0.05) is 19.9 Å². The van der Waals surface area contributed by atoms with Gasteiger partial charge in [-0.15, -0.1) is 0 Å². The van der Waals surface area contributed by atoms with Gasteiger partial charge in [-0.05, 0) is 18.4 Å². The first kappa shape index (κ1) is 16.0. The molecule has 0 saturated carbocycles. The summed E-state index contributed by atoms with van der Waals surface area (Å²) in [6.45, 7) is 1.97. The number of nitrogens with zero attached hydrogens (tertiary/aromatic N) is 1. The molecule has 1 aliphatic heterocycles. The predicted octanol–water partition coefficient (Wildman–Crippen LogP) is 0.809. The first-order valence-corrected chi connectivity index (χ1v) is 7.33. The molecule has 6 nitrogen and oxygen atoms in total. The van der Waals surface area contributed by atoms with Crippen molar-refractivity contribution in [2.45, 2.75) is 38.3 Å². The van der Waals surface area contributed by atoms with E-state index in [4.69, 9.17) is 0 Å². The Morgan fingerprint density at radius 2 is 2.00 bits per heavy atom. The van der Waals surface area contributed by atoms with Crippen LogP contribution in [0.25, 0.3) is 0 Å². The van der Waals surface area contributed by atoms with Gasteiger partial charge in [-0.25, -0.2) is 4.79 Å². The second-order valence-corrected chi connectivity index (χ2v) is 5.46.